The molecule has 1 aliphatic heterocycles. The van der Waals surface area contributed by atoms with Gasteiger partial charge < -0.3 is 10.2 Å². The molecule has 0 saturated carbocycles. The third kappa shape index (κ3) is 3.46. The van der Waals surface area contributed by atoms with Crippen molar-refractivity contribution >= 4 is 29.4 Å². The number of hydrogen-bond acceptors (Lipinski definition) is 5. The Morgan fingerprint density at radius 3 is 2.79 bits per heavy atom. The van der Waals surface area contributed by atoms with Gasteiger partial charge in [0, 0.05) is 13.1 Å². The van der Waals surface area contributed by atoms with Gasteiger partial charge in [0.1, 0.15) is 0 Å². The first-order chi connectivity index (χ1) is 9.22. The predicted octanol–water partition coefficient (Wildman–Crippen LogP) is 0.732. The van der Waals surface area contributed by atoms with E-state index in [1.807, 2.05) is 6.92 Å². The molecule has 8 heteroatoms. The zero-order valence-corrected chi connectivity index (χ0v) is 11.6. The SMILES string of the molecule is CCSCC(=O)Nc1n[nH]nc1C(=O)N1CCCC1. The molecule has 2 rings (SSSR count). The number of anilines is 1. The summed E-state index contributed by atoms with van der Waals surface area (Å²) in [4.78, 5) is 25.5. The number of likely N-dealkylation sites (tertiary alicyclic amines) is 1. The summed E-state index contributed by atoms with van der Waals surface area (Å²) in [5.41, 5.74) is 0.191. The molecule has 0 aromatic carbocycles. The van der Waals surface area contributed by atoms with E-state index in [0.29, 0.717) is 5.75 Å². The van der Waals surface area contributed by atoms with Gasteiger partial charge in [-0.2, -0.15) is 17.0 Å². The molecule has 0 atom stereocenters. The van der Waals surface area contributed by atoms with E-state index in [1.165, 1.54) is 11.8 Å². The summed E-state index contributed by atoms with van der Waals surface area (Å²) in [6.07, 6.45) is 2.02. The second-order valence-electron chi connectivity index (χ2n) is 4.21. The van der Waals surface area contributed by atoms with E-state index in [4.69, 9.17) is 0 Å². The van der Waals surface area contributed by atoms with Crippen molar-refractivity contribution in [1.82, 2.24) is 20.3 Å². The van der Waals surface area contributed by atoms with Gasteiger partial charge in [0.05, 0.1) is 5.75 Å². The fourth-order valence-electron chi connectivity index (χ4n) is 1.90. The summed E-state index contributed by atoms with van der Waals surface area (Å²) in [7, 11) is 0. The van der Waals surface area contributed by atoms with Crippen molar-refractivity contribution in [1.29, 1.82) is 0 Å². The van der Waals surface area contributed by atoms with Crippen LogP contribution in [-0.4, -0.2) is 56.7 Å². The smallest absolute Gasteiger partial charge is 0.278 e. The van der Waals surface area contributed by atoms with Crippen molar-refractivity contribution in [3.8, 4) is 0 Å². The Morgan fingerprint density at radius 2 is 2.11 bits per heavy atom. The molecule has 2 heterocycles. The monoisotopic (exact) mass is 283 g/mol. The third-order valence-electron chi connectivity index (χ3n) is 2.84. The van der Waals surface area contributed by atoms with Crippen molar-refractivity contribution in [3.63, 3.8) is 0 Å². The molecule has 1 saturated heterocycles. The van der Waals surface area contributed by atoms with Crippen LogP contribution in [0, 0.1) is 0 Å². The number of nitrogens with one attached hydrogen (secondary N) is 2. The van der Waals surface area contributed by atoms with E-state index in [0.717, 1.165) is 31.7 Å². The minimum absolute atomic E-state index is 0.170. The van der Waals surface area contributed by atoms with Gasteiger partial charge in [0.25, 0.3) is 5.91 Å². The lowest BCUT2D eigenvalue weighted by molar-refractivity contribution is -0.113. The molecule has 19 heavy (non-hydrogen) atoms. The lowest BCUT2D eigenvalue weighted by atomic mass is 10.3. The maximum atomic E-state index is 12.2. The second-order valence-corrected chi connectivity index (χ2v) is 5.48. The van der Waals surface area contributed by atoms with Gasteiger partial charge in [-0.25, -0.2) is 0 Å². The van der Waals surface area contributed by atoms with Crippen LogP contribution in [0.5, 0.6) is 0 Å². The zero-order chi connectivity index (χ0) is 13.7. The van der Waals surface area contributed by atoms with Gasteiger partial charge in [-0.05, 0) is 18.6 Å². The number of nitrogens with zero attached hydrogens (tertiary/aromatic N) is 3. The number of carbonyl (C=O) groups is 2. The van der Waals surface area contributed by atoms with Crippen LogP contribution in [0.25, 0.3) is 0 Å². The van der Waals surface area contributed by atoms with E-state index in [9.17, 15) is 9.59 Å². The topological polar surface area (TPSA) is 91.0 Å². The molecular formula is C11H17N5O2S. The van der Waals surface area contributed by atoms with E-state index < -0.39 is 0 Å². The van der Waals surface area contributed by atoms with Gasteiger partial charge in [0.15, 0.2) is 11.5 Å². The Morgan fingerprint density at radius 1 is 1.37 bits per heavy atom. The maximum absolute atomic E-state index is 12.2. The number of amides is 2. The Labute approximate surface area is 115 Å². The lowest BCUT2D eigenvalue weighted by Crippen LogP contribution is -2.29. The van der Waals surface area contributed by atoms with Crippen molar-refractivity contribution < 1.29 is 9.59 Å². The highest BCUT2D eigenvalue weighted by Gasteiger charge is 2.25. The average Bonchev–Trinajstić information content (AvgIpc) is 3.06. The van der Waals surface area contributed by atoms with E-state index in [-0.39, 0.29) is 23.3 Å². The van der Waals surface area contributed by atoms with Crippen LogP contribution in [0.1, 0.15) is 30.3 Å². The summed E-state index contributed by atoms with van der Waals surface area (Å²) in [5, 5.41) is 12.7. The van der Waals surface area contributed by atoms with Crippen molar-refractivity contribution in [3.05, 3.63) is 5.69 Å². The normalized spacial score (nSPS) is 14.7. The molecule has 0 spiro atoms. The molecule has 1 fully saturated rings. The Balaban J connectivity index is 2.00. The molecule has 7 nitrogen and oxygen atoms in total. The molecule has 1 aromatic rings. The Hall–Kier alpha value is -1.57. The minimum atomic E-state index is -0.176. The van der Waals surface area contributed by atoms with Gasteiger partial charge >= 0.3 is 0 Å². The highest BCUT2D eigenvalue weighted by atomic mass is 32.2. The molecule has 0 unspecified atom stereocenters. The summed E-state index contributed by atoms with van der Waals surface area (Å²) < 4.78 is 0. The number of aromatic nitrogens is 3. The molecule has 0 radical (unpaired) electrons. The third-order valence-corrected chi connectivity index (χ3v) is 3.71. The fraction of sp³-hybridized carbons (Fsp3) is 0.636. The standard InChI is InChI=1S/C11H17N5O2S/c1-2-19-7-8(17)12-10-9(13-15-14-10)11(18)16-5-3-4-6-16/h2-7H2,1H3,(H2,12,13,14,15,17). The quantitative estimate of drug-likeness (QED) is 0.831. The predicted molar refractivity (Wildman–Crippen MR) is 73.1 cm³/mol. The number of H-pyrrole nitrogens is 1. The zero-order valence-electron chi connectivity index (χ0n) is 10.8. The number of rotatable bonds is 5. The molecule has 0 bridgehead atoms. The van der Waals surface area contributed by atoms with E-state index in [2.05, 4.69) is 20.7 Å². The molecule has 1 aliphatic rings. The molecule has 2 amide bonds. The summed E-state index contributed by atoms with van der Waals surface area (Å²) >= 11 is 1.51. The van der Waals surface area contributed by atoms with Crippen molar-refractivity contribution in [2.45, 2.75) is 19.8 Å². The largest absolute Gasteiger partial charge is 0.337 e. The van der Waals surface area contributed by atoms with Crippen LogP contribution in [-0.2, 0) is 4.79 Å². The first kappa shape index (κ1) is 13.9. The second kappa shape index (κ2) is 6.55. The van der Waals surface area contributed by atoms with Gasteiger partial charge in [-0.3, -0.25) is 9.59 Å². The molecular weight excluding hydrogens is 266 g/mol. The van der Waals surface area contributed by atoms with Gasteiger partial charge in [-0.15, -0.1) is 10.2 Å². The summed E-state index contributed by atoms with van der Waals surface area (Å²) in [6, 6.07) is 0. The first-order valence-corrected chi connectivity index (χ1v) is 7.45. The molecule has 2 N–H and O–H groups in total. The van der Waals surface area contributed by atoms with Gasteiger partial charge in [0.2, 0.25) is 5.91 Å². The van der Waals surface area contributed by atoms with E-state index in [1.54, 1.807) is 4.90 Å². The first-order valence-electron chi connectivity index (χ1n) is 6.30. The fourth-order valence-corrected chi connectivity index (χ4v) is 2.36. The Bertz CT molecular complexity index is 456. The molecule has 1 aromatic heterocycles. The summed E-state index contributed by atoms with van der Waals surface area (Å²) in [6.45, 7) is 3.46. The molecule has 104 valence electrons. The van der Waals surface area contributed by atoms with Crippen LogP contribution in [0.2, 0.25) is 0 Å². The number of aromatic amines is 1. The number of carbonyl (C=O) groups excluding carboxylic acids is 2. The van der Waals surface area contributed by atoms with Crippen LogP contribution in [0.15, 0.2) is 0 Å². The highest BCUT2D eigenvalue weighted by molar-refractivity contribution is 7.99. The van der Waals surface area contributed by atoms with Crippen LogP contribution in [0.4, 0.5) is 5.82 Å². The average molecular weight is 283 g/mol. The molecule has 0 aliphatic carbocycles. The van der Waals surface area contributed by atoms with Gasteiger partial charge in [-0.1, -0.05) is 6.92 Å². The highest BCUT2D eigenvalue weighted by Crippen LogP contribution is 2.16. The van der Waals surface area contributed by atoms with Crippen molar-refractivity contribution in [2.24, 2.45) is 0 Å². The van der Waals surface area contributed by atoms with E-state index >= 15 is 0 Å². The Kier molecular flexibility index (Phi) is 4.78. The lowest BCUT2D eigenvalue weighted by Gasteiger charge is -2.13. The van der Waals surface area contributed by atoms with Crippen molar-refractivity contribution in [2.75, 3.05) is 29.9 Å². The number of hydrogen-bond donors (Lipinski definition) is 2. The summed E-state index contributed by atoms with van der Waals surface area (Å²) in [5.74, 6) is 1.09. The number of thioether (sulfide) groups is 1. The van der Waals surface area contributed by atoms with Crippen LogP contribution < -0.4 is 5.32 Å². The van der Waals surface area contributed by atoms with Crippen LogP contribution in [0.3, 0.4) is 0 Å². The minimum Gasteiger partial charge on any atom is -0.337 e. The maximum Gasteiger partial charge on any atom is 0.278 e. The van der Waals surface area contributed by atoms with Crippen LogP contribution >= 0.6 is 11.8 Å².